The molecule has 0 fully saturated rings. The molecule has 1 aromatic carbocycles. The Kier molecular flexibility index (Phi) is 4.72. The fourth-order valence-corrected chi connectivity index (χ4v) is 0.995. The van der Waals surface area contributed by atoms with E-state index in [9.17, 15) is 0 Å². The molecule has 1 heterocycles. The number of nitrogens with one attached hydrogen (secondary N) is 1. The van der Waals surface area contributed by atoms with Gasteiger partial charge in [0.1, 0.15) is 0 Å². The monoisotopic (exact) mass is 235 g/mol. The third-order valence-electron chi connectivity index (χ3n) is 1.46. The van der Waals surface area contributed by atoms with Gasteiger partial charge in [-0.2, -0.15) is 0 Å². The van der Waals surface area contributed by atoms with Crippen molar-refractivity contribution in [1.82, 2.24) is 4.98 Å². The fraction of sp³-hybridized carbons (Fsp3) is 0.111. The Labute approximate surface area is 88.1 Å². The average Bonchev–Trinajstić information content (AvgIpc) is 2.52. The number of hydrogen-bond acceptors (Lipinski definition) is 0. The lowest BCUT2D eigenvalue weighted by Gasteiger charge is -1.83. The van der Waals surface area contributed by atoms with E-state index in [0.29, 0.717) is 0 Å². The standard InChI is InChI=1S/C8H7N.CH3.BrH.Mg/c1-2-4-8-7(3-1)5-6-9-8;;;/h1-6,9H;1H3;1H;/q;;;+1/p-1. The Morgan fingerprint density at radius 3 is 2.58 bits per heavy atom. The van der Waals surface area contributed by atoms with Gasteiger partial charge in [0.15, 0.2) is 0 Å². The van der Waals surface area contributed by atoms with Crippen LogP contribution in [0.5, 0.6) is 0 Å². The van der Waals surface area contributed by atoms with Crippen LogP contribution in [0.25, 0.3) is 10.9 Å². The summed E-state index contributed by atoms with van der Waals surface area (Å²) in [5, 5.41) is 3.46. The normalized spacial score (nSPS) is 8.50. The van der Waals surface area contributed by atoms with Crippen LogP contribution in [0.4, 0.5) is 0 Å². The lowest BCUT2D eigenvalue weighted by Crippen LogP contribution is -1.61. The second kappa shape index (κ2) is 5.62. The minimum atomic E-state index is 0.229. The SMILES string of the molecule is [CH3][Mg][Br].c1ccc2[nH]ccc2c1. The summed E-state index contributed by atoms with van der Waals surface area (Å²) in [6.45, 7) is 0. The number of para-hydroxylation sites is 1. The van der Waals surface area contributed by atoms with Gasteiger partial charge in [-0.05, 0) is 17.5 Å². The van der Waals surface area contributed by atoms with Crippen LogP contribution >= 0.6 is 12.9 Å². The molecule has 3 heteroatoms. The number of benzene rings is 1. The van der Waals surface area contributed by atoms with Gasteiger partial charge in [-0.15, -0.1) is 5.05 Å². The molecule has 2 aromatic rings. The molecule has 12 heavy (non-hydrogen) atoms. The van der Waals surface area contributed by atoms with Gasteiger partial charge in [0.25, 0.3) is 0 Å². The lowest BCUT2D eigenvalue weighted by molar-refractivity contribution is 1.48. The van der Waals surface area contributed by atoms with Gasteiger partial charge in [0.05, 0.1) is 0 Å². The Morgan fingerprint density at radius 2 is 1.92 bits per heavy atom. The van der Waals surface area contributed by atoms with E-state index in [1.54, 1.807) is 0 Å². The van der Waals surface area contributed by atoms with E-state index in [-0.39, 0.29) is 18.2 Å². The molecule has 0 saturated heterocycles. The van der Waals surface area contributed by atoms with Gasteiger partial charge in [0.2, 0.25) is 0 Å². The zero-order chi connectivity index (χ0) is 8.81. The predicted molar refractivity (Wildman–Crippen MR) is 58.8 cm³/mol. The number of H-pyrrole nitrogens is 1. The Hall–Kier alpha value is 0.00623. The Balaban J connectivity index is 0.000000213. The van der Waals surface area contributed by atoms with E-state index in [4.69, 9.17) is 0 Å². The number of halogens is 1. The van der Waals surface area contributed by atoms with Crippen LogP contribution in [0.3, 0.4) is 0 Å². The van der Waals surface area contributed by atoms with E-state index in [0.717, 1.165) is 0 Å². The van der Waals surface area contributed by atoms with Crippen LogP contribution in [0.1, 0.15) is 0 Å². The Morgan fingerprint density at radius 1 is 1.25 bits per heavy atom. The molecule has 0 amide bonds. The molecule has 60 valence electrons. The molecule has 0 aliphatic heterocycles. The van der Waals surface area contributed by atoms with E-state index in [1.807, 2.05) is 18.3 Å². The molecule has 0 aliphatic rings. The maximum Gasteiger partial charge on any atom is 0.465 e. The summed E-state index contributed by atoms with van der Waals surface area (Å²) < 4.78 is 0. The summed E-state index contributed by atoms with van der Waals surface area (Å²) in [5.41, 5.74) is 1.21. The number of hydrogen-bond donors (Lipinski definition) is 1. The summed E-state index contributed by atoms with van der Waals surface area (Å²) in [6.07, 6.45) is 1.95. The van der Waals surface area contributed by atoms with Crippen LogP contribution in [0, 0.1) is 0 Å². The highest BCUT2D eigenvalue weighted by atomic mass is 79.9. The first-order valence-electron chi connectivity index (χ1n) is 3.96. The van der Waals surface area contributed by atoms with E-state index in [1.165, 1.54) is 10.9 Å². The largest absolute Gasteiger partial charge is 0.465 e. The molecular formula is C9H10BrMgN. The minimum absolute atomic E-state index is 0.229. The summed E-state index contributed by atoms with van der Waals surface area (Å²) in [7, 11) is 0. The maximum atomic E-state index is 3.28. The predicted octanol–water partition coefficient (Wildman–Crippen LogP) is 3.22. The first kappa shape index (κ1) is 10.1. The molecule has 2 rings (SSSR count). The first-order valence-corrected chi connectivity index (χ1v) is 9.28. The van der Waals surface area contributed by atoms with Crippen molar-refractivity contribution in [2.45, 2.75) is 5.05 Å². The third-order valence-corrected chi connectivity index (χ3v) is 1.46. The average molecular weight is 236 g/mol. The smallest absolute Gasteiger partial charge is 0.361 e. The molecule has 0 atom stereocenters. The van der Waals surface area contributed by atoms with Crippen molar-refractivity contribution < 1.29 is 0 Å². The molecule has 0 unspecified atom stereocenters. The molecule has 1 nitrogen and oxygen atoms in total. The molecule has 0 aliphatic carbocycles. The van der Waals surface area contributed by atoms with Crippen LogP contribution in [0.15, 0.2) is 36.5 Å². The van der Waals surface area contributed by atoms with Gasteiger partial charge in [-0.25, -0.2) is 0 Å². The molecular weight excluding hydrogens is 226 g/mol. The topological polar surface area (TPSA) is 15.8 Å². The fourth-order valence-electron chi connectivity index (χ4n) is 0.995. The van der Waals surface area contributed by atoms with Crippen LogP contribution in [0.2, 0.25) is 5.05 Å². The van der Waals surface area contributed by atoms with Crippen molar-refractivity contribution in [2.75, 3.05) is 0 Å². The number of fused-ring (bicyclic) bond motifs is 1. The van der Waals surface area contributed by atoms with Gasteiger partial charge in [0, 0.05) is 11.7 Å². The van der Waals surface area contributed by atoms with Gasteiger partial charge >= 0.3 is 18.2 Å². The van der Waals surface area contributed by atoms with Crippen LogP contribution in [-0.4, -0.2) is 23.2 Å². The Bertz CT molecular complexity index is 302. The summed E-state index contributed by atoms with van der Waals surface area (Å²) in [5.74, 6) is 0. The quantitative estimate of drug-likeness (QED) is 0.676. The third kappa shape index (κ3) is 2.81. The molecule has 1 N–H and O–H groups in total. The summed E-state index contributed by atoms with van der Waals surface area (Å²) in [4.78, 5) is 3.12. The summed E-state index contributed by atoms with van der Waals surface area (Å²) >= 11 is 3.51. The first-order chi connectivity index (χ1) is 5.88. The van der Waals surface area contributed by atoms with Gasteiger partial charge < -0.3 is 17.9 Å². The molecule has 0 spiro atoms. The van der Waals surface area contributed by atoms with Crippen molar-refractivity contribution >= 4 is 42.0 Å². The van der Waals surface area contributed by atoms with Crippen molar-refractivity contribution in [2.24, 2.45) is 0 Å². The number of aromatic nitrogens is 1. The highest BCUT2D eigenvalue weighted by Gasteiger charge is 1.86. The minimum Gasteiger partial charge on any atom is -0.361 e. The number of aromatic amines is 1. The highest BCUT2D eigenvalue weighted by molar-refractivity contribution is 9.23. The van der Waals surface area contributed by atoms with Crippen LogP contribution < -0.4 is 0 Å². The van der Waals surface area contributed by atoms with E-state index < -0.39 is 0 Å². The molecule has 0 bridgehead atoms. The van der Waals surface area contributed by atoms with E-state index >= 15 is 0 Å². The lowest BCUT2D eigenvalue weighted by atomic mass is 10.3. The van der Waals surface area contributed by atoms with Crippen molar-refractivity contribution in [3.63, 3.8) is 0 Å². The second-order valence-electron chi connectivity index (χ2n) is 2.33. The van der Waals surface area contributed by atoms with Gasteiger partial charge in [-0.1, -0.05) is 18.2 Å². The summed E-state index contributed by atoms with van der Waals surface area (Å²) in [6, 6.07) is 10.3. The van der Waals surface area contributed by atoms with Crippen LogP contribution in [-0.2, 0) is 0 Å². The molecule has 0 saturated carbocycles. The highest BCUT2D eigenvalue weighted by Crippen LogP contribution is 2.09. The van der Waals surface area contributed by atoms with Crippen molar-refractivity contribution in [1.29, 1.82) is 0 Å². The van der Waals surface area contributed by atoms with E-state index in [2.05, 4.69) is 41.1 Å². The number of rotatable bonds is 0. The molecule has 0 radical (unpaired) electrons. The van der Waals surface area contributed by atoms with Crippen molar-refractivity contribution in [3.8, 4) is 0 Å². The zero-order valence-electron chi connectivity index (χ0n) is 7.05. The second-order valence-corrected chi connectivity index (χ2v) is 6.23. The maximum absolute atomic E-state index is 3.28. The van der Waals surface area contributed by atoms with Crippen molar-refractivity contribution in [3.05, 3.63) is 36.5 Å². The van der Waals surface area contributed by atoms with Gasteiger partial charge in [-0.3, -0.25) is 0 Å². The zero-order valence-corrected chi connectivity index (χ0v) is 10.0. The molecule has 1 aromatic heterocycles.